The van der Waals surface area contributed by atoms with Crippen molar-refractivity contribution < 1.29 is 19.4 Å². The Morgan fingerprint density at radius 3 is 2.75 bits per heavy atom. The van der Waals surface area contributed by atoms with Crippen LogP contribution in [0.5, 0.6) is 0 Å². The van der Waals surface area contributed by atoms with Crippen molar-refractivity contribution in [3.8, 4) is 0 Å². The third kappa shape index (κ3) is 3.76. The molecule has 1 unspecified atom stereocenters. The molecule has 2 aliphatic rings. The van der Waals surface area contributed by atoms with Crippen LogP contribution in [0.3, 0.4) is 0 Å². The smallest absolute Gasteiger partial charge is 0.410 e. The third-order valence-corrected chi connectivity index (χ3v) is 4.80. The van der Waals surface area contributed by atoms with Crippen molar-refractivity contribution in [1.82, 2.24) is 10.2 Å². The molecule has 3 atom stereocenters. The van der Waals surface area contributed by atoms with Gasteiger partial charge in [-0.3, -0.25) is 4.79 Å². The van der Waals surface area contributed by atoms with Gasteiger partial charge >= 0.3 is 6.09 Å². The number of nitrogens with zero attached hydrogens (tertiary/aromatic N) is 1. The molecule has 2 aliphatic heterocycles. The highest BCUT2D eigenvalue weighted by Gasteiger charge is 2.40. The Hall–Kier alpha value is -1.92. The van der Waals surface area contributed by atoms with Crippen molar-refractivity contribution in [2.75, 3.05) is 13.1 Å². The predicted octanol–water partition coefficient (Wildman–Crippen LogP) is 1.47. The number of rotatable bonds is 5. The van der Waals surface area contributed by atoms with Gasteiger partial charge in [0.05, 0.1) is 12.1 Å². The normalized spacial score (nSPS) is 24.8. The zero-order valence-corrected chi connectivity index (χ0v) is 13.7. The molecule has 0 radical (unpaired) electrons. The average molecular weight is 332 g/mol. The SMILES string of the molecule is O=C(C1CCCN1)[C@@H](O)[C@@H]1CCCN1C(=O)OCc1ccccc1. The fraction of sp³-hybridized carbons (Fsp3) is 0.556. The first kappa shape index (κ1) is 16.9. The summed E-state index contributed by atoms with van der Waals surface area (Å²) in [6.07, 6.45) is 1.48. The van der Waals surface area contributed by atoms with Gasteiger partial charge in [-0.1, -0.05) is 30.3 Å². The molecular weight excluding hydrogens is 308 g/mol. The van der Waals surface area contributed by atoms with E-state index in [1.807, 2.05) is 30.3 Å². The number of carbonyl (C=O) groups is 2. The van der Waals surface area contributed by atoms with Crippen LogP contribution in [0, 0.1) is 0 Å². The van der Waals surface area contributed by atoms with E-state index in [-0.39, 0.29) is 18.4 Å². The van der Waals surface area contributed by atoms with Gasteiger partial charge in [-0.15, -0.1) is 0 Å². The molecule has 2 fully saturated rings. The van der Waals surface area contributed by atoms with E-state index < -0.39 is 18.2 Å². The molecule has 0 saturated carbocycles. The molecule has 130 valence electrons. The number of hydrogen-bond acceptors (Lipinski definition) is 5. The first-order chi connectivity index (χ1) is 11.7. The fourth-order valence-corrected chi connectivity index (χ4v) is 3.47. The lowest BCUT2D eigenvalue weighted by molar-refractivity contribution is -0.131. The van der Waals surface area contributed by atoms with Crippen LogP contribution in [-0.4, -0.2) is 53.2 Å². The van der Waals surface area contributed by atoms with Crippen LogP contribution in [0.4, 0.5) is 4.79 Å². The van der Waals surface area contributed by atoms with Gasteiger partial charge in [0.2, 0.25) is 0 Å². The number of likely N-dealkylation sites (tertiary alicyclic amines) is 1. The van der Waals surface area contributed by atoms with Crippen LogP contribution in [0.25, 0.3) is 0 Å². The minimum atomic E-state index is -1.15. The van der Waals surface area contributed by atoms with E-state index in [4.69, 9.17) is 4.74 Å². The number of ketones is 1. The van der Waals surface area contributed by atoms with Gasteiger partial charge < -0.3 is 20.1 Å². The number of benzene rings is 1. The quantitative estimate of drug-likeness (QED) is 0.854. The first-order valence-electron chi connectivity index (χ1n) is 8.59. The molecule has 1 amide bonds. The summed E-state index contributed by atoms with van der Waals surface area (Å²) in [6, 6.07) is 8.68. The lowest BCUT2D eigenvalue weighted by atomic mass is 9.98. The van der Waals surface area contributed by atoms with Crippen molar-refractivity contribution in [2.45, 2.75) is 50.5 Å². The Morgan fingerprint density at radius 2 is 2.04 bits per heavy atom. The number of aliphatic hydroxyl groups excluding tert-OH is 1. The van der Waals surface area contributed by atoms with Crippen LogP contribution in [-0.2, 0) is 16.1 Å². The highest BCUT2D eigenvalue weighted by Crippen LogP contribution is 2.24. The molecule has 3 rings (SSSR count). The number of nitrogens with one attached hydrogen (secondary N) is 1. The second kappa shape index (κ2) is 7.77. The number of aliphatic hydroxyl groups is 1. The van der Waals surface area contributed by atoms with Crippen molar-refractivity contribution in [1.29, 1.82) is 0 Å². The van der Waals surface area contributed by atoms with Crippen LogP contribution < -0.4 is 5.32 Å². The van der Waals surface area contributed by atoms with E-state index in [0.29, 0.717) is 13.0 Å². The molecule has 0 spiro atoms. The molecule has 1 aromatic rings. The lowest BCUT2D eigenvalue weighted by Gasteiger charge is -2.28. The average Bonchev–Trinajstić information content (AvgIpc) is 3.30. The topological polar surface area (TPSA) is 78.9 Å². The number of Topliss-reactive ketones (excluding diaryl/α,β-unsaturated/α-hetero) is 1. The van der Waals surface area contributed by atoms with Crippen LogP contribution in [0.15, 0.2) is 30.3 Å². The summed E-state index contributed by atoms with van der Waals surface area (Å²) in [6.45, 7) is 1.51. The van der Waals surface area contributed by atoms with Gasteiger partial charge in [0.25, 0.3) is 0 Å². The number of carbonyl (C=O) groups excluding carboxylic acids is 2. The standard InChI is InChI=1S/C18H24N2O4/c21-16(14-8-4-10-19-14)17(22)15-9-5-11-20(15)18(23)24-12-13-6-2-1-3-7-13/h1-3,6-7,14-15,17,19,22H,4-5,8-12H2/t14?,15-,17-/m0/s1. The summed E-state index contributed by atoms with van der Waals surface area (Å²) in [5, 5.41) is 13.6. The highest BCUT2D eigenvalue weighted by atomic mass is 16.6. The molecule has 0 aromatic heterocycles. The molecule has 2 heterocycles. The Bertz CT molecular complexity index is 572. The molecule has 6 heteroatoms. The third-order valence-electron chi connectivity index (χ3n) is 4.80. The van der Waals surface area contributed by atoms with Gasteiger partial charge in [0, 0.05) is 6.54 Å². The predicted molar refractivity (Wildman–Crippen MR) is 88.4 cm³/mol. The summed E-state index contributed by atoms with van der Waals surface area (Å²) >= 11 is 0. The van der Waals surface area contributed by atoms with Crippen molar-refractivity contribution in [3.05, 3.63) is 35.9 Å². The Morgan fingerprint density at radius 1 is 1.25 bits per heavy atom. The monoisotopic (exact) mass is 332 g/mol. The molecular formula is C18H24N2O4. The van der Waals surface area contributed by atoms with E-state index in [9.17, 15) is 14.7 Å². The second-order valence-electron chi connectivity index (χ2n) is 6.44. The van der Waals surface area contributed by atoms with Gasteiger partial charge in [0.15, 0.2) is 5.78 Å². The van der Waals surface area contributed by atoms with E-state index in [1.165, 1.54) is 4.90 Å². The number of ether oxygens (including phenoxy) is 1. The summed E-state index contributed by atoms with van der Waals surface area (Å²) in [4.78, 5) is 26.2. The highest BCUT2D eigenvalue weighted by molar-refractivity contribution is 5.89. The number of hydrogen-bond donors (Lipinski definition) is 2. The van der Waals surface area contributed by atoms with E-state index in [0.717, 1.165) is 31.4 Å². The van der Waals surface area contributed by atoms with Gasteiger partial charge in [-0.05, 0) is 37.8 Å². The fourth-order valence-electron chi connectivity index (χ4n) is 3.47. The van der Waals surface area contributed by atoms with Gasteiger partial charge in [-0.2, -0.15) is 0 Å². The van der Waals surface area contributed by atoms with E-state index in [2.05, 4.69) is 5.32 Å². The van der Waals surface area contributed by atoms with Crippen LogP contribution >= 0.6 is 0 Å². The molecule has 6 nitrogen and oxygen atoms in total. The molecule has 0 aliphatic carbocycles. The van der Waals surface area contributed by atoms with Crippen LogP contribution in [0.1, 0.15) is 31.2 Å². The molecule has 0 bridgehead atoms. The second-order valence-corrected chi connectivity index (χ2v) is 6.44. The zero-order valence-electron chi connectivity index (χ0n) is 13.7. The minimum Gasteiger partial charge on any atom is -0.445 e. The summed E-state index contributed by atoms with van der Waals surface area (Å²) < 4.78 is 5.35. The van der Waals surface area contributed by atoms with Gasteiger partial charge in [0.1, 0.15) is 12.7 Å². The first-order valence-corrected chi connectivity index (χ1v) is 8.59. The summed E-state index contributed by atoms with van der Waals surface area (Å²) in [5.74, 6) is -0.208. The van der Waals surface area contributed by atoms with Crippen molar-refractivity contribution >= 4 is 11.9 Å². The van der Waals surface area contributed by atoms with E-state index >= 15 is 0 Å². The zero-order chi connectivity index (χ0) is 16.9. The van der Waals surface area contributed by atoms with Crippen molar-refractivity contribution in [2.24, 2.45) is 0 Å². The summed E-state index contributed by atoms with van der Waals surface area (Å²) in [5.41, 5.74) is 0.911. The molecule has 24 heavy (non-hydrogen) atoms. The number of amides is 1. The molecule has 1 aromatic carbocycles. The van der Waals surface area contributed by atoms with Crippen molar-refractivity contribution in [3.63, 3.8) is 0 Å². The Balaban J connectivity index is 1.57. The maximum absolute atomic E-state index is 12.4. The summed E-state index contributed by atoms with van der Waals surface area (Å²) in [7, 11) is 0. The van der Waals surface area contributed by atoms with Gasteiger partial charge in [-0.25, -0.2) is 4.79 Å². The largest absolute Gasteiger partial charge is 0.445 e. The minimum absolute atomic E-state index is 0.192. The lowest BCUT2D eigenvalue weighted by Crippen LogP contribution is -2.50. The maximum Gasteiger partial charge on any atom is 0.410 e. The van der Waals surface area contributed by atoms with E-state index in [1.54, 1.807) is 0 Å². The van der Waals surface area contributed by atoms with Crippen LogP contribution in [0.2, 0.25) is 0 Å². The maximum atomic E-state index is 12.4. The Labute approximate surface area is 141 Å². The molecule has 2 saturated heterocycles. The molecule has 2 N–H and O–H groups in total. The Kier molecular flexibility index (Phi) is 5.48.